The van der Waals surface area contributed by atoms with Gasteiger partial charge in [-0.15, -0.1) is 0 Å². The van der Waals surface area contributed by atoms with E-state index in [1.54, 1.807) is 12.1 Å². The molecule has 0 spiro atoms. The fourth-order valence-electron chi connectivity index (χ4n) is 2.78. The van der Waals surface area contributed by atoms with Crippen LogP contribution in [0.5, 0.6) is 11.5 Å². The van der Waals surface area contributed by atoms with Crippen LogP contribution in [0.3, 0.4) is 0 Å². The fourth-order valence-corrected chi connectivity index (χ4v) is 2.78. The largest absolute Gasteiger partial charge is 0.494 e. The molecular weight excluding hydrogens is 372 g/mol. The van der Waals surface area contributed by atoms with E-state index < -0.39 is 0 Å². The first kappa shape index (κ1) is 25.4. The van der Waals surface area contributed by atoms with Crippen LogP contribution in [0.25, 0.3) is 0 Å². The minimum atomic E-state index is 0.674. The van der Waals surface area contributed by atoms with Gasteiger partial charge in [0.2, 0.25) is 0 Å². The van der Waals surface area contributed by atoms with Gasteiger partial charge in [-0.3, -0.25) is 0 Å². The number of anilines is 1. The SMILES string of the molecule is CCCCCCOc1ccc(C#N)cc1.CCCCCCOc1ccc(NC)cc1. The maximum absolute atomic E-state index is 8.61. The van der Waals surface area contributed by atoms with Gasteiger partial charge in [0, 0.05) is 12.7 Å². The lowest BCUT2D eigenvalue weighted by Crippen LogP contribution is -1.97. The summed E-state index contributed by atoms with van der Waals surface area (Å²) >= 11 is 0. The maximum atomic E-state index is 8.61. The molecule has 0 radical (unpaired) electrons. The number of unbranched alkanes of at least 4 members (excludes halogenated alkanes) is 6. The molecule has 0 saturated heterocycles. The summed E-state index contributed by atoms with van der Waals surface area (Å²) in [5, 5.41) is 11.7. The summed E-state index contributed by atoms with van der Waals surface area (Å²) < 4.78 is 11.2. The standard InChI is InChI=1S/C13H21NO.C13H17NO/c1-3-4-5-6-11-15-13-9-7-12(14-2)8-10-13;1-2-3-4-5-10-15-13-8-6-12(11-14)7-9-13/h7-10,14H,3-6,11H2,1-2H3;6-9H,2-5,10H2,1H3. The highest BCUT2D eigenvalue weighted by Gasteiger charge is 1.95. The molecule has 0 atom stereocenters. The van der Waals surface area contributed by atoms with Gasteiger partial charge < -0.3 is 14.8 Å². The summed E-state index contributed by atoms with van der Waals surface area (Å²) in [6.07, 6.45) is 9.86. The zero-order valence-corrected chi connectivity index (χ0v) is 19.0. The second-order valence-corrected chi connectivity index (χ2v) is 7.23. The summed E-state index contributed by atoms with van der Waals surface area (Å²) in [5.41, 5.74) is 1.79. The van der Waals surface area contributed by atoms with Gasteiger partial charge in [-0.25, -0.2) is 0 Å². The minimum Gasteiger partial charge on any atom is -0.494 e. The summed E-state index contributed by atoms with van der Waals surface area (Å²) in [6, 6.07) is 17.4. The van der Waals surface area contributed by atoms with Crippen molar-refractivity contribution in [2.24, 2.45) is 0 Å². The van der Waals surface area contributed by atoms with E-state index in [2.05, 4.69) is 25.2 Å². The molecule has 30 heavy (non-hydrogen) atoms. The molecule has 4 heteroatoms. The molecular formula is C26H38N2O2. The van der Waals surface area contributed by atoms with Gasteiger partial charge in [-0.05, 0) is 61.4 Å². The van der Waals surface area contributed by atoms with E-state index in [-0.39, 0.29) is 0 Å². The lowest BCUT2D eigenvalue weighted by atomic mass is 10.2. The summed E-state index contributed by atoms with van der Waals surface area (Å²) in [4.78, 5) is 0. The molecule has 0 amide bonds. The average Bonchev–Trinajstić information content (AvgIpc) is 2.80. The van der Waals surface area contributed by atoms with Crippen LogP contribution in [0, 0.1) is 11.3 Å². The van der Waals surface area contributed by atoms with Crippen LogP contribution >= 0.6 is 0 Å². The van der Waals surface area contributed by atoms with Crippen molar-refractivity contribution in [3.8, 4) is 17.6 Å². The summed E-state index contributed by atoms with van der Waals surface area (Å²) in [5.74, 6) is 1.82. The Morgan fingerprint density at radius 2 is 1.17 bits per heavy atom. The topological polar surface area (TPSA) is 54.3 Å². The minimum absolute atomic E-state index is 0.674. The third-order valence-corrected chi connectivity index (χ3v) is 4.66. The smallest absolute Gasteiger partial charge is 0.119 e. The third kappa shape index (κ3) is 12.0. The molecule has 4 nitrogen and oxygen atoms in total. The van der Waals surface area contributed by atoms with Crippen molar-refractivity contribution in [1.82, 2.24) is 0 Å². The molecule has 2 rings (SSSR count). The molecule has 0 aliphatic heterocycles. The maximum Gasteiger partial charge on any atom is 0.119 e. The quantitative estimate of drug-likeness (QED) is 0.355. The van der Waals surface area contributed by atoms with Gasteiger partial charge in [-0.1, -0.05) is 52.4 Å². The van der Waals surface area contributed by atoms with Crippen LogP contribution in [0.4, 0.5) is 5.69 Å². The van der Waals surface area contributed by atoms with Crippen LogP contribution in [0.2, 0.25) is 0 Å². The molecule has 2 aromatic rings. The first-order chi connectivity index (χ1) is 14.7. The highest BCUT2D eigenvalue weighted by atomic mass is 16.5. The second kappa shape index (κ2) is 17.2. The van der Waals surface area contributed by atoms with E-state index in [1.807, 2.05) is 43.4 Å². The Morgan fingerprint density at radius 3 is 1.57 bits per heavy atom. The lowest BCUT2D eigenvalue weighted by molar-refractivity contribution is 0.305. The average molecular weight is 411 g/mol. The van der Waals surface area contributed by atoms with Crippen LogP contribution < -0.4 is 14.8 Å². The van der Waals surface area contributed by atoms with Crippen molar-refractivity contribution in [1.29, 1.82) is 5.26 Å². The number of nitrogens with zero attached hydrogens (tertiary/aromatic N) is 1. The van der Waals surface area contributed by atoms with Gasteiger partial charge in [0.1, 0.15) is 11.5 Å². The van der Waals surface area contributed by atoms with Gasteiger partial charge >= 0.3 is 0 Å². The fraction of sp³-hybridized carbons (Fsp3) is 0.500. The number of nitriles is 1. The molecule has 164 valence electrons. The highest BCUT2D eigenvalue weighted by Crippen LogP contribution is 2.15. The van der Waals surface area contributed by atoms with Crippen molar-refractivity contribution < 1.29 is 9.47 Å². The number of rotatable bonds is 13. The predicted molar refractivity (Wildman–Crippen MR) is 126 cm³/mol. The van der Waals surface area contributed by atoms with Crippen molar-refractivity contribution in [2.75, 3.05) is 25.6 Å². The number of hydrogen-bond donors (Lipinski definition) is 1. The first-order valence-electron chi connectivity index (χ1n) is 11.3. The first-order valence-corrected chi connectivity index (χ1v) is 11.3. The second-order valence-electron chi connectivity index (χ2n) is 7.23. The van der Waals surface area contributed by atoms with E-state index in [4.69, 9.17) is 14.7 Å². The predicted octanol–water partition coefficient (Wildman–Crippen LogP) is 7.20. The van der Waals surface area contributed by atoms with Crippen LogP contribution in [-0.2, 0) is 0 Å². The van der Waals surface area contributed by atoms with E-state index in [9.17, 15) is 0 Å². The Labute approximate surface area is 183 Å². The Morgan fingerprint density at radius 1 is 0.700 bits per heavy atom. The Hall–Kier alpha value is -2.67. The number of hydrogen-bond acceptors (Lipinski definition) is 4. The van der Waals surface area contributed by atoms with Crippen LogP contribution in [-0.4, -0.2) is 20.3 Å². The van der Waals surface area contributed by atoms with Gasteiger partial charge in [0.05, 0.1) is 24.8 Å². The van der Waals surface area contributed by atoms with Gasteiger partial charge in [-0.2, -0.15) is 5.26 Å². The molecule has 0 fully saturated rings. The van der Waals surface area contributed by atoms with E-state index in [0.717, 1.165) is 43.2 Å². The van der Waals surface area contributed by atoms with Crippen molar-refractivity contribution in [3.63, 3.8) is 0 Å². The van der Waals surface area contributed by atoms with Crippen molar-refractivity contribution in [2.45, 2.75) is 65.2 Å². The zero-order valence-electron chi connectivity index (χ0n) is 19.0. The Kier molecular flexibility index (Phi) is 14.6. The molecule has 0 aliphatic rings. The molecule has 0 bridgehead atoms. The van der Waals surface area contributed by atoms with E-state index >= 15 is 0 Å². The highest BCUT2D eigenvalue weighted by molar-refractivity contribution is 5.45. The molecule has 0 aliphatic carbocycles. The van der Waals surface area contributed by atoms with E-state index in [0.29, 0.717) is 5.56 Å². The molecule has 0 saturated carbocycles. The van der Waals surface area contributed by atoms with Crippen molar-refractivity contribution in [3.05, 3.63) is 54.1 Å². The van der Waals surface area contributed by atoms with Gasteiger partial charge in [0.15, 0.2) is 0 Å². The Bertz CT molecular complexity index is 690. The molecule has 0 heterocycles. The van der Waals surface area contributed by atoms with Gasteiger partial charge in [0.25, 0.3) is 0 Å². The molecule has 2 aromatic carbocycles. The zero-order chi connectivity index (χ0) is 21.9. The monoisotopic (exact) mass is 410 g/mol. The third-order valence-electron chi connectivity index (χ3n) is 4.66. The Balaban J connectivity index is 0.000000300. The van der Waals surface area contributed by atoms with E-state index in [1.165, 1.54) is 38.5 Å². The lowest BCUT2D eigenvalue weighted by Gasteiger charge is -2.06. The summed E-state index contributed by atoms with van der Waals surface area (Å²) in [7, 11) is 1.92. The van der Waals surface area contributed by atoms with Crippen molar-refractivity contribution >= 4 is 5.69 Å². The van der Waals surface area contributed by atoms with Crippen LogP contribution in [0.15, 0.2) is 48.5 Å². The summed E-state index contributed by atoms with van der Waals surface area (Å²) in [6.45, 7) is 6.02. The number of ether oxygens (including phenoxy) is 2. The number of benzene rings is 2. The molecule has 0 aromatic heterocycles. The van der Waals surface area contributed by atoms with Crippen LogP contribution in [0.1, 0.15) is 70.8 Å². The normalized spacial score (nSPS) is 9.80. The molecule has 1 N–H and O–H groups in total. The molecule has 0 unspecified atom stereocenters. The number of nitrogens with one attached hydrogen (secondary N) is 1.